The number of nitrogens with one attached hydrogen (secondary N) is 1. The lowest BCUT2D eigenvalue weighted by Crippen LogP contribution is -2.45. The first-order valence-corrected chi connectivity index (χ1v) is 31.8. The van der Waals surface area contributed by atoms with Gasteiger partial charge in [-0.1, -0.05) is 328 Å². The molecule has 0 radical (unpaired) electrons. The molecule has 0 aromatic heterocycles. The van der Waals surface area contributed by atoms with Crippen molar-refractivity contribution in [3.05, 3.63) is 0 Å². The van der Waals surface area contributed by atoms with Crippen LogP contribution in [0.4, 0.5) is 0 Å². The first kappa shape index (κ1) is 67.9. The van der Waals surface area contributed by atoms with E-state index in [0.717, 1.165) is 38.5 Å². The molecule has 3 N–H and O–H groups in total. The molecule has 0 spiro atoms. The Bertz CT molecular complexity index is 990. The molecule has 0 bridgehead atoms. The molecule has 2 unspecified atom stereocenters. The predicted octanol–water partition coefficient (Wildman–Crippen LogP) is 19.9. The minimum atomic E-state index is -0.663. The van der Waals surface area contributed by atoms with Crippen LogP contribution in [-0.2, 0) is 14.3 Å². The van der Waals surface area contributed by atoms with E-state index in [-0.39, 0.29) is 18.5 Å². The molecule has 0 rings (SSSR count). The van der Waals surface area contributed by atoms with Crippen LogP contribution < -0.4 is 5.32 Å². The number of rotatable bonds is 60. The van der Waals surface area contributed by atoms with Crippen LogP contribution in [0.1, 0.15) is 367 Å². The maximum absolute atomic E-state index is 12.5. The monoisotopic (exact) mass is 976 g/mol. The minimum absolute atomic E-state index is 0.0175. The van der Waals surface area contributed by atoms with Crippen LogP contribution in [0.5, 0.6) is 0 Å². The minimum Gasteiger partial charge on any atom is -0.466 e. The Morgan fingerprint density at radius 2 is 0.594 bits per heavy atom. The standard InChI is InChI=1S/C63H125NO5/c1-3-5-7-9-11-13-15-17-18-19-26-29-33-37-41-45-49-53-57-63(68)69-58-54-50-46-42-38-34-30-27-24-22-20-21-23-25-28-32-36-40-44-48-52-56-62(67)64-60(59-65)61(66)55-51-47-43-39-35-31-16-14-12-10-8-6-4-2/h60-61,65-66H,3-59H2,1-2H3,(H,64,67). The lowest BCUT2D eigenvalue weighted by molar-refractivity contribution is -0.143. The second-order valence-electron chi connectivity index (χ2n) is 22.1. The van der Waals surface area contributed by atoms with Crippen molar-refractivity contribution in [2.75, 3.05) is 13.2 Å². The van der Waals surface area contributed by atoms with Crippen LogP contribution in [-0.4, -0.2) is 47.4 Å². The van der Waals surface area contributed by atoms with Crippen molar-refractivity contribution in [2.45, 2.75) is 379 Å². The molecule has 6 heteroatoms. The van der Waals surface area contributed by atoms with Gasteiger partial charge in [0.15, 0.2) is 0 Å². The van der Waals surface area contributed by atoms with Crippen LogP contribution >= 0.6 is 0 Å². The number of unbranched alkanes of at least 4 members (excludes halogenated alkanes) is 49. The van der Waals surface area contributed by atoms with Gasteiger partial charge in [-0.15, -0.1) is 0 Å². The van der Waals surface area contributed by atoms with E-state index in [1.807, 2.05) is 0 Å². The normalized spacial score (nSPS) is 12.5. The number of carbonyl (C=O) groups excluding carboxylic acids is 2. The average Bonchev–Trinajstić information content (AvgIpc) is 3.35. The van der Waals surface area contributed by atoms with E-state index in [9.17, 15) is 19.8 Å². The van der Waals surface area contributed by atoms with E-state index in [0.29, 0.717) is 25.9 Å². The van der Waals surface area contributed by atoms with Crippen LogP contribution in [0.2, 0.25) is 0 Å². The van der Waals surface area contributed by atoms with Crippen molar-refractivity contribution < 1.29 is 24.5 Å². The number of hydrogen-bond acceptors (Lipinski definition) is 5. The molecule has 0 aromatic carbocycles. The topological polar surface area (TPSA) is 95.9 Å². The Balaban J connectivity index is 3.34. The van der Waals surface area contributed by atoms with E-state index in [1.54, 1.807) is 0 Å². The van der Waals surface area contributed by atoms with Gasteiger partial charge >= 0.3 is 5.97 Å². The highest BCUT2D eigenvalue weighted by molar-refractivity contribution is 5.76. The lowest BCUT2D eigenvalue weighted by Gasteiger charge is -2.22. The Morgan fingerprint density at radius 3 is 0.884 bits per heavy atom. The third-order valence-corrected chi connectivity index (χ3v) is 15.2. The maximum Gasteiger partial charge on any atom is 0.305 e. The molecule has 1 amide bonds. The van der Waals surface area contributed by atoms with Crippen molar-refractivity contribution in [3.63, 3.8) is 0 Å². The molecule has 0 saturated carbocycles. The van der Waals surface area contributed by atoms with Gasteiger partial charge in [0.05, 0.1) is 25.4 Å². The van der Waals surface area contributed by atoms with E-state index in [4.69, 9.17) is 4.74 Å². The summed E-state index contributed by atoms with van der Waals surface area (Å²) in [5.74, 6) is -0.0160. The fraction of sp³-hybridized carbons (Fsp3) is 0.968. The maximum atomic E-state index is 12.5. The highest BCUT2D eigenvalue weighted by Gasteiger charge is 2.20. The van der Waals surface area contributed by atoms with E-state index in [2.05, 4.69) is 19.2 Å². The highest BCUT2D eigenvalue weighted by Crippen LogP contribution is 2.19. The molecule has 2 atom stereocenters. The van der Waals surface area contributed by atoms with E-state index < -0.39 is 12.1 Å². The van der Waals surface area contributed by atoms with Crippen molar-refractivity contribution in [3.8, 4) is 0 Å². The molecule has 69 heavy (non-hydrogen) atoms. The second kappa shape index (κ2) is 59.4. The lowest BCUT2D eigenvalue weighted by atomic mass is 10.0. The van der Waals surface area contributed by atoms with Gasteiger partial charge in [-0.3, -0.25) is 9.59 Å². The van der Waals surface area contributed by atoms with Gasteiger partial charge < -0.3 is 20.3 Å². The largest absolute Gasteiger partial charge is 0.466 e. The fourth-order valence-corrected chi connectivity index (χ4v) is 10.3. The summed E-state index contributed by atoms with van der Waals surface area (Å²) in [6.45, 7) is 4.98. The highest BCUT2D eigenvalue weighted by atomic mass is 16.5. The Kier molecular flexibility index (Phi) is 58.4. The van der Waals surface area contributed by atoms with Crippen molar-refractivity contribution in [1.29, 1.82) is 0 Å². The van der Waals surface area contributed by atoms with Gasteiger partial charge in [0, 0.05) is 12.8 Å². The number of ether oxygens (including phenoxy) is 1. The molecule has 0 aliphatic heterocycles. The number of amides is 1. The number of carbonyl (C=O) groups is 2. The van der Waals surface area contributed by atoms with Crippen molar-refractivity contribution in [1.82, 2.24) is 5.32 Å². The van der Waals surface area contributed by atoms with Gasteiger partial charge in [0.2, 0.25) is 5.91 Å². The number of aliphatic hydroxyl groups excluding tert-OH is 2. The van der Waals surface area contributed by atoms with Gasteiger partial charge in [-0.25, -0.2) is 0 Å². The summed E-state index contributed by atoms with van der Waals surface area (Å²) in [6, 6.07) is -0.540. The van der Waals surface area contributed by atoms with E-state index in [1.165, 1.54) is 295 Å². The van der Waals surface area contributed by atoms with Gasteiger partial charge in [-0.05, 0) is 25.7 Å². The molecular weight excluding hydrogens is 851 g/mol. The number of esters is 1. The summed E-state index contributed by atoms with van der Waals surface area (Å²) in [7, 11) is 0. The fourth-order valence-electron chi connectivity index (χ4n) is 10.3. The Morgan fingerprint density at radius 1 is 0.348 bits per heavy atom. The predicted molar refractivity (Wildman–Crippen MR) is 301 cm³/mol. The molecule has 0 heterocycles. The molecule has 0 aliphatic carbocycles. The first-order valence-electron chi connectivity index (χ1n) is 31.8. The van der Waals surface area contributed by atoms with Crippen LogP contribution in [0, 0.1) is 0 Å². The molecule has 0 aliphatic rings. The zero-order valence-corrected chi connectivity index (χ0v) is 47.1. The van der Waals surface area contributed by atoms with Crippen LogP contribution in [0.25, 0.3) is 0 Å². The molecule has 0 fully saturated rings. The summed E-state index contributed by atoms with van der Waals surface area (Å²) >= 11 is 0. The third-order valence-electron chi connectivity index (χ3n) is 15.2. The SMILES string of the molecule is CCCCCCCCCCCCCCCCCCCCC(=O)OCCCCCCCCCCCCCCCCCCCCCCCC(=O)NC(CO)C(O)CCCCCCCCCCCCCCC. The van der Waals surface area contributed by atoms with Crippen molar-refractivity contribution in [2.24, 2.45) is 0 Å². The Hall–Kier alpha value is -1.14. The van der Waals surface area contributed by atoms with Gasteiger partial charge in [0.25, 0.3) is 0 Å². The van der Waals surface area contributed by atoms with Gasteiger partial charge in [0.1, 0.15) is 0 Å². The molecule has 6 nitrogen and oxygen atoms in total. The van der Waals surface area contributed by atoms with Gasteiger partial charge in [-0.2, -0.15) is 0 Å². The molecule has 0 saturated heterocycles. The smallest absolute Gasteiger partial charge is 0.305 e. The average molecular weight is 977 g/mol. The summed E-state index contributed by atoms with van der Waals surface area (Å²) in [4.78, 5) is 24.6. The zero-order chi connectivity index (χ0) is 50.0. The summed E-state index contributed by atoms with van der Waals surface area (Å²) in [6.07, 6.45) is 69.7. The quantitative estimate of drug-likeness (QED) is 0.0417. The first-order chi connectivity index (χ1) is 34.0. The third kappa shape index (κ3) is 56.0. The Labute approximate surface area is 432 Å². The summed E-state index contributed by atoms with van der Waals surface area (Å²) in [5.41, 5.74) is 0. The second-order valence-corrected chi connectivity index (χ2v) is 22.1. The van der Waals surface area contributed by atoms with Crippen LogP contribution in [0.3, 0.4) is 0 Å². The molecule has 0 aromatic rings. The summed E-state index contributed by atoms with van der Waals surface area (Å²) < 4.78 is 5.50. The van der Waals surface area contributed by atoms with E-state index >= 15 is 0 Å². The number of aliphatic hydroxyl groups is 2. The van der Waals surface area contributed by atoms with Crippen molar-refractivity contribution >= 4 is 11.9 Å². The summed E-state index contributed by atoms with van der Waals surface area (Å²) in [5, 5.41) is 23.3. The molecule has 412 valence electrons. The zero-order valence-electron chi connectivity index (χ0n) is 47.1. The number of hydrogen-bond donors (Lipinski definition) is 3. The molecular formula is C63H125NO5. The van der Waals surface area contributed by atoms with Crippen LogP contribution in [0.15, 0.2) is 0 Å².